The fraction of sp³-hybridized carbons (Fsp3) is 0.385. The van der Waals surface area contributed by atoms with Crippen molar-refractivity contribution in [3.63, 3.8) is 0 Å². The number of benzene rings is 1. The lowest BCUT2D eigenvalue weighted by Crippen LogP contribution is -2.30. The monoisotopic (exact) mass is 235 g/mol. The van der Waals surface area contributed by atoms with Crippen molar-refractivity contribution in [3.8, 4) is 0 Å². The summed E-state index contributed by atoms with van der Waals surface area (Å²) in [5.74, 6) is -0.963. The molecule has 0 heterocycles. The third kappa shape index (κ3) is 5.70. The lowest BCUT2D eigenvalue weighted by molar-refractivity contribution is -0.138. The molecule has 4 heteroatoms. The van der Waals surface area contributed by atoms with Crippen LogP contribution in [-0.4, -0.2) is 23.5 Å². The van der Waals surface area contributed by atoms with E-state index in [1.165, 1.54) is 0 Å². The molecule has 0 saturated heterocycles. The smallest absolute Gasteiger partial charge is 0.303 e. The van der Waals surface area contributed by atoms with Crippen molar-refractivity contribution in [1.82, 2.24) is 5.32 Å². The Morgan fingerprint density at radius 3 is 2.53 bits per heavy atom. The van der Waals surface area contributed by atoms with Crippen molar-refractivity contribution in [2.45, 2.75) is 19.8 Å². The van der Waals surface area contributed by atoms with E-state index in [-0.39, 0.29) is 18.2 Å². The second-order valence-corrected chi connectivity index (χ2v) is 4.17. The average Bonchev–Trinajstić information content (AvgIpc) is 2.27. The van der Waals surface area contributed by atoms with Crippen LogP contribution in [0, 0.1) is 5.92 Å². The predicted molar refractivity (Wildman–Crippen MR) is 64.6 cm³/mol. The van der Waals surface area contributed by atoms with Crippen LogP contribution in [0.25, 0.3) is 0 Å². The van der Waals surface area contributed by atoms with Gasteiger partial charge in [0.2, 0.25) is 5.91 Å². The van der Waals surface area contributed by atoms with Gasteiger partial charge in [-0.25, -0.2) is 0 Å². The van der Waals surface area contributed by atoms with E-state index in [1.807, 2.05) is 30.3 Å². The maximum atomic E-state index is 11.5. The molecule has 4 nitrogen and oxygen atoms in total. The Balaban J connectivity index is 2.28. The Hall–Kier alpha value is -1.84. The molecule has 0 bridgehead atoms. The van der Waals surface area contributed by atoms with E-state index in [4.69, 9.17) is 5.11 Å². The number of carbonyl (C=O) groups excluding carboxylic acids is 1. The van der Waals surface area contributed by atoms with Crippen LogP contribution >= 0.6 is 0 Å². The molecule has 0 aliphatic heterocycles. The Kier molecular flexibility index (Phi) is 5.20. The third-order valence-electron chi connectivity index (χ3n) is 2.38. The van der Waals surface area contributed by atoms with E-state index in [2.05, 4.69) is 5.32 Å². The fourth-order valence-corrected chi connectivity index (χ4v) is 1.50. The van der Waals surface area contributed by atoms with E-state index in [1.54, 1.807) is 6.92 Å². The molecular formula is C13H17NO3. The molecular weight excluding hydrogens is 218 g/mol. The molecule has 0 aliphatic rings. The summed E-state index contributed by atoms with van der Waals surface area (Å²) in [7, 11) is 0. The Morgan fingerprint density at radius 2 is 1.94 bits per heavy atom. The van der Waals surface area contributed by atoms with Crippen LogP contribution in [0.4, 0.5) is 0 Å². The van der Waals surface area contributed by atoms with Gasteiger partial charge in [0.05, 0.1) is 6.42 Å². The summed E-state index contributed by atoms with van der Waals surface area (Å²) in [5, 5.41) is 11.3. The largest absolute Gasteiger partial charge is 0.481 e. The molecule has 0 spiro atoms. The normalized spacial score (nSPS) is 11.8. The van der Waals surface area contributed by atoms with Gasteiger partial charge in [-0.1, -0.05) is 37.3 Å². The van der Waals surface area contributed by atoms with Crippen LogP contribution in [-0.2, 0) is 16.0 Å². The number of hydrogen-bond donors (Lipinski definition) is 2. The summed E-state index contributed by atoms with van der Waals surface area (Å²) in [5.41, 5.74) is 0.955. The topological polar surface area (TPSA) is 66.4 Å². The number of carboxylic acids is 1. The zero-order valence-electron chi connectivity index (χ0n) is 9.85. The van der Waals surface area contributed by atoms with E-state index in [0.717, 1.165) is 5.56 Å². The summed E-state index contributed by atoms with van der Waals surface area (Å²) in [4.78, 5) is 22.0. The summed E-state index contributed by atoms with van der Waals surface area (Å²) in [6.07, 6.45) is 0.409. The third-order valence-corrected chi connectivity index (χ3v) is 2.38. The van der Waals surface area contributed by atoms with Crippen LogP contribution in [0.2, 0.25) is 0 Å². The van der Waals surface area contributed by atoms with E-state index in [0.29, 0.717) is 13.0 Å². The highest BCUT2D eigenvalue weighted by molar-refractivity contribution is 5.78. The van der Waals surface area contributed by atoms with E-state index >= 15 is 0 Å². The molecule has 0 aliphatic carbocycles. The first-order chi connectivity index (χ1) is 8.08. The number of hydrogen-bond acceptors (Lipinski definition) is 2. The molecule has 1 aromatic rings. The molecule has 0 fully saturated rings. The molecule has 0 aromatic heterocycles. The van der Waals surface area contributed by atoms with Gasteiger partial charge >= 0.3 is 5.97 Å². The molecule has 0 saturated carbocycles. The van der Waals surface area contributed by atoms with Crippen molar-refractivity contribution in [2.75, 3.05) is 6.54 Å². The molecule has 0 radical (unpaired) electrons. The standard InChI is InChI=1S/C13H17NO3/c1-10(7-13(16)17)9-14-12(15)8-11-5-3-2-4-6-11/h2-6,10H,7-9H2,1H3,(H,14,15)(H,16,17). The van der Waals surface area contributed by atoms with Crippen molar-refractivity contribution in [1.29, 1.82) is 0 Å². The second kappa shape index (κ2) is 6.68. The van der Waals surface area contributed by atoms with Gasteiger partial charge in [-0.2, -0.15) is 0 Å². The van der Waals surface area contributed by atoms with Gasteiger partial charge in [0.15, 0.2) is 0 Å². The number of carboxylic acid groups (broad SMARTS) is 1. The van der Waals surface area contributed by atoms with Gasteiger partial charge in [0.25, 0.3) is 0 Å². The summed E-state index contributed by atoms with van der Waals surface area (Å²) >= 11 is 0. The van der Waals surface area contributed by atoms with Crippen LogP contribution in [0.15, 0.2) is 30.3 Å². The maximum absolute atomic E-state index is 11.5. The minimum atomic E-state index is -0.838. The Bertz CT molecular complexity index is 376. The van der Waals surface area contributed by atoms with Crippen molar-refractivity contribution in [3.05, 3.63) is 35.9 Å². The van der Waals surface area contributed by atoms with Gasteiger partial charge in [-0.05, 0) is 11.5 Å². The van der Waals surface area contributed by atoms with Crippen LogP contribution in [0.3, 0.4) is 0 Å². The van der Waals surface area contributed by atoms with E-state index in [9.17, 15) is 9.59 Å². The average molecular weight is 235 g/mol. The minimum Gasteiger partial charge on any atom is -0.481 e. The highest BCUT2D eigenvalue weighted by atomic mass is 16.4. The second-order valence-electron chi connectivity index (χ2n) is 4.17. The zero-order valence-corrected chi connectivity index (χ0v) is 9.85. The van der Waals surface area contributed by atoms with Gasteiger partial charge in [-0.3, -0.25) is 9.59 Å². The quantitative estimate of drug-likeness (QED) is 0.784. The predicted octanol–water partition coefficient (Wildman–Crippen LogP) is 1.46. The Labute approximate surface area is 101 Å². The molecule has 1 atom stereocenters. The molecule has 2 N–H and O–H groups in total. The summed E-state index contributed by atoms with van der Waals surface area (Å²) < 4.78 is 0. The first kappa shape index (κ1) is 13.2. The van der Waals surface area contributed by atoms with Crippen molar-refractivity contribution in [2.24, 2.45) is 5.92 Å². The number of carbonyl (C=O) groups is 2. The van der Waals surface area contributed by atoms with Crippen molar-refractivity contribution < 1.29 is 14.7 Å². The first-order valence-corrected chi connectivity index (χ1v) is 5.60. The highest BCUT2D eigenvalue weighted by Crippen LogP contribution is 2.01. The molecule has 92 valence electrons. The van der Waals surface area contributed by atoms with Crippen LogP contribution < -0.4 is 5.32 Å². The molecule has 17 heavy (non-hydrogen) atoms. The number of nitrogens with one attached hydrogen (secondary N) is 1. The first-order valence-electron chi connectivity index (χ1n) is 5.60. The number of amides is 1. The van der Waals surface area contributed by atoms with Crippen LogP contribution in [0.1, 0.15) is 18.9 Å². The van der Waals surface area contributed by atoms with Crippen LogP contribution in [0.5, 0.6) is 0 Å². The summed E-state index contributed by atoms with van der Waals surface area (Å²) in [6, 6.07) is 9.45. The number of rotatable bonds is 6. The lowest BCUT2D eigenvalue weighted by atomic mass is 10.1. The molecule has 1 aromatic carbocycles. The molecule has 1 rings (SSSR count). The molecule has 1 amide bonds. The zero-order chi connectivity index (χ0) is 12.7. The summed E-state index contributed by atoms with van der Waals surface area (Å²) in [6.45, 7) is 2.20. The highest BCUT2D eigenvalue weighted by Gasteiger charge is 2.09. The fourth-order valence-electron chi connectivity index (χ4n) is 1.50. The lowest BCUT2D eigenvalue weighted by Gasteiger charge is -2.10. The number of aliphatic carboxylic acids is 1. The minimum absolute atomic E-state index is 0.0489. The van der Waals surface area contributed by atoms with Gasteiger partial charge in [0.1, 0.15) is 0 Å². The SMILES string of the molecule is CC(CNC(=O)Cc1ccccc1)CC(=O)O. The van der Waals surface area contributed by atoms with Gasteiger partial charge in [0, 0.05) is 13.0 Å². The van der Waals surface area contributed by atoms with Crippen molar-refractivity contribution >= 4 is 11.9 Å². The maximum Gasteiger partial charge on any atom is 0.303 e. The van der Waals surface area contributed by atoms with Gasteiger partial charge in [-0.15, -0.1) is 0 Å². The Morgan fingerprint density at radius 1 is 1.29 bits per heavy atom. The van der Waals surface area contributed by atoms with E-state index < -0.39 is 5.97 Å². The van der Waals surface area contributed by atoms with Gasteiger partial charge < -0.3 is 10.4 Å². The molecule has 1 unspecified atom stereocenters.